The van der Waals surface area contributed by atoms with Crippen molar-refractivity contribution < 1.29 is 109 Å². The Morgan fingerprint density at radius 2 is 1.18 bits per heavy atom. The lowest BCUT2D eigenvalue weighted by molar-refractivity contribution is -0.386. The number of hydrogen-bond acceptors (Lipinski definition) is 22. The van der Waals surface area contributed by atoms with Crippen molar-refractivity contribution in [1.29, 1.82) is 0 Å². The highest BCUT2D eigenvalue weighted by atomic mass is 16.8. The zero-order valence-corrected chi connectivity index (χ0v) is 37.8. The highest BCUT2D eigenvalue weighted by molar-refractivity contribution is 5.77. The van der Waals surface area contributed by atoms with Crippen LogP contribution in [-0.4, -0.2) is 226 Å². The van der Waals surface area contributed by atoms with Crippen molar-refractivity contribution in [2.75, 3.05) is 26.4 Å². The molecule has 2 unspecified atom stereocenters. The second-order valence-electron chi connectivity index (χ2n) is 21.3. The summed E-state index contributed by atoms with van der Waals surface area (Å²) in [5.41, 5.74) is -2.23. The van der Waals surface area contributed by atoms with E-state index in [-0.39, 0.29) is 18.3 Å². The maximum atomic E-state index is 14.3. The van der Waals surface area contributed by atoms with Crippen molar-refractivity contribution in [1.82, 2.24) is 0 Å². The van der Waals surface area contributed by atoms with Gasteiger partial charge in [-0.25, -0.2) is 0 Å². The van der Waals surface area contributed by atoms with Gasteiger partial charge in [-0.15, -0.1) is 0 Å². The molecule has 8 fully saturated rings. The van der Waals surface area contributed by atoms with E-state index in [1.165, 1.54) is 0 Å². The van der Waals surface area contributed by atoms with Crippen LogP contribution in [0.15, 0.2) is 12.2 Å². The van der Waals surface area contributed by atoms with Crippen molar-refractivity contribution in [2.45, 2.75) is 200 Å². The third kappa shape index (κ3) is 8.64. The van der Waals surface area contributed by atoms with Crippen molar-refractivity contribution in [3.05, 3.63) is 12.2 Å². The number of aliphatic hydroxyl groups is 14. The maximum Gasteiger partial charge on any atom is 0.314 e. The Bertz CT molecular complexity index is 1760. The molecule has 22 heteroatoms. The molecule has 8 rings (SSSR count). The van der Waals surface area contributed by atoms with Gasteiger partial charge in [-0.3, -0.25) is 4.79 Å². The second kappa shape index (κ2) is 19.4. The molecule has 0 radical (unpaired) electrons. The summed E-state index contributed by atoms with van der Waals surface area (Å²) in [5.74, 6) is -1.72. The van der Waals surface area contributed by atoms with E-state index >= 15 is 0 Å². The van der Waals surface area contributed by atoms with Crippen LogP contribution in [0.2, 0.25) is 0 Å². The number of carbonyl (C=O) groups excluding carboxylic acids is 1. The van der Waals surface area contributed by atoms with E-state index in [4.69, 9.17) is 33.2 Å². The molecule has 14 N–H and O–H groups in total. The monoisotopic (exact) mass is 964 g/mol. The average Bonchev–Trinajstić information content (AvgIpc) is 3.50. The Morgan fingerprint density at radius 1 is 0.612 bits per heavy atom. The van der Waals surface area contributed by atoms with Gasteiger partial charge in [-0.1, -0.05) is 19.9 Å². The lowest BCUT2D eigenvalue weighted by Gasteiger charge is -2.64. The molecule has 22 nitrogen and oxygen atoms in total. The number of hydrogen-bond donors (Lipinski definition) is 14. The Hall–Kier alpha value is -1.59. The Kier molecular flexibility index (Phi) is 15.0. The normalized spacial score (nSPS) is 54.5. The first-order valence-corrected chi connectivity index (χ1v) is 23.7. The number of esters is 1. The Morgan fingerprint density at radius 3 is 1.81 bits per heavy atom. The number of rotatable bonds is 12. The van der Waals surface area contributed by atoms with Crippen molar-refractivity contribution in [3.8, 4) is 0 Å². The van der Waals surface area contributed by atoms with Gasteiger partial charge in [0.05, 0.1) is 43.0 Å². The van der Waals surface area contributed by atoms with Crippen LogP contribution in [-0.2, 0) is 38.0 Å². The minimum Gasteiger partial charge on any atom is -0.432 e. The smallest absolute Gasteiger partial charge is 0.314 e. The number of fused-ring (bicyclic) bond motifs is 3. The first-order valence-electron chi connectivity index (χ1n) is 23.7. The summed E-state index contributed by atoms with van der Waals surface area (Å²) in [4.78, 5) is 14.3. The fourth-order valence-corrected chi connectivity index (χ4v) is 14.0. The van der Waals surface area contributed by atoms with Crippen LogP contribution in [0, 0.1) is 34.0 Å². The molecule has 5 saturated carbocycles. The van der Waals surface area contributed by atoms with Gasteiger partial charge >= 0.3 is 5.97 Å². The van der Waals surface area contributed by atoms with Gasteiger partial charge in [0.1, 0.15) is 85.5 Å². The van der Waals surface area contributed by atoms with E-state index in [2.05, 4.69) is 13.5 Å². The molecule has 3 saturated heterocycles. The van der Waals surface area contributed by atoms with Crippen LogP contribution in [0.25, 0.3) is 0 Å². The fourth-order valence-electron chi connectivity index (χ4n) is 14.0. The summed E-state index contributed by atoms with van der Waals surface area (Å²) < 4.78 is 43.0. The molecule has 3 aliphatic heterocycles. The number of aliphatic hydroxyl groups excluding tert-OH is 14. The molecule has 0 aromatic carbocycles. The largest absolute Gasteiger partial charge is 0.432 e. The van der Waals surface area contributed by atoms with Crippen LogP contribution in [0.1, 0.15) is 78.1 Å². The minimum absolute atomic E-state index is 0.0416. The van der Waals surface area contributed by atoms with Gasteiger partial charge in [0, 0.05) is 12.5 Å². The van der Waals surface area contributed by atoms with Crippen LogP contribution in [0.5, 0.6) is 0 Å². The molecule has 0 aromatic heterocycles. The molecule has 1 spiro atoms. The molecule has 384 valence electrons. The van der Waals surface area contributed by atoms with Crippen molar-refractivity contribution in [2.24, 2.45) is 34.0 Å². The lowest BCUT2D eigenvalue weighted by atomic mass is 9.41. The molecule has 0 aromatic rings. The summed E-state index contributed by atoms with van der Waals surface area (Å²) in [7, 11) is 0. The zero-order valence-electron chi connectivity index (χ0n) is 37.8. The SMILES string of the molecule is C=C1C[C@@]23CC[C@H]4[C@@](C)(CCC[C@@]4(C)C(=O)O[C@@H]4O[C@H](CO)[C@@H](O)[C@H](O)[C@H]4O)[C@@H]2CC[C@]1(O[C@@H]1O[C@H](CO)[C@@H](O)[C@H](OC2C[C@H](CO)[C@@H](O)[C@H](O)[C@H]2O)[C@H]1OC1O[C@H](CO)[C@@H](O)[C@H](O)[C@H]1O)C3. The molecule has 2 bridgehead atoms. The van der Waals surface area contributed by atoms with E-state index in [0.29, 0.717) is 51.4 Å². The summed E-state index contributed by atoms with van der Waals surface area (Å²) in [6, 6.07) is 0. The van der Waals surface area contributed by atoms with Crippen molar-refractivity contribution in [3.63, 3.8) is 0 Å². The predicted molar refractivity (Wildman–Crippen MR) is 222 cm³/mol. The fraction of sp³-hybridized carbons (Fsp3) is 0.933. The minimum atomic E-state index is -1.92. The maximum absolute atomic E-state index is 14.3. The highest BCUT2D eigenvalue weighted by Crippen LogP contribution is 2.74. The summed E-state index contributed by atoms with van der Waals surface area (Å²) in [6.45, 7) is 5.74. The lowest BCUT2D eigenvalue weighted by Crippen LogP contribution is -2.67. The average molecular weight is 965 g/mol. The van der Waals surface area contributed by atoms with Gasteiger partial charge in [-0.2, -0.15) is 0 Å². The van der Waals surface area contributed by atoms with E-state index in [1.54, 1.807) is 0 Å². The van der Waals surface area contributed by atoms with Gasteiger partial charge < -0.3 is 105 Å². The van der Waals surface area contributed by atoms with Gasteiger partial charge in [0.15, 0.2) is 12.6 Å². The second-order valence-corrected chi connectivity index (χ2v) is 21.3. The first kappa shape index (κ1) is 51.8. The van der Waals surface area contributed by atoms with Gasteiger partial charge in [0.25, 0.3) is 0 Å². The standard InChI is InChI=1S/C45H72O22/c1-18-12-44-9-5-24-42(2,7-4-8-43(24,3)41(60)66-39-35(59)33(57)29(53)22(15-48)63-39)25(44)6-10-45(18,17-44)67-40-37(65-38-34(58)32(56)28(52)21(14-47)62-38)36(30(54)23(16-49)64-40)61-20-11-19(13-46)26(50)31(55)27(20)51/h19-40,46-59H,1,4-17H2,2-3H3/t19-,20?,21-,22-,23-,24+,25+,26-,27+,28-,29-,30-,31+,32+,33+,34-,35-,36+,37-,38?,39+,40+,42-,43-,44-,45+/m1/s1. The highest BCUT2D eigenvalue weighted by Gasteiger charge is 2.70. The number of carbonyl (C=O) groups is 1. The van der Waals surface area contributed by atoms with E-state index in [9.17, 15) is 76.3 Å². The predicted octanol–water partition coefficient (Wildman–Crippen LogP) is -4.45. The third-order valence-corrected chi connectivity index (χ3v) is 17.6. The van der Waals surface area contributed by atoms with Crippen molar-refractivity contribution >= 4 is 5.97 Å². The van der Waals surface area contributed by atoms with Gasteiger partial charge in [0.2, 0.25) is 6.29 Å². The molecule has 8 aliphatic rings. The summed E-state index contributed by atoms with van der Waals surface area (Å²) in [6.07, 6.45) is -26.1. The van der Waals surface area contributed by atoms with E-state index < -0.39 is 177 Å². The van der Waals surface area contributed by atoms with Gasteiger partial charge in [-0.05, 0) is 93.0 Å². The third-order valence-electron chi connectivity index (χ3n) is 17.6. The van der Waals surface area contributed by atoms with Crippen LogP contribution in [0.3, 0.4) is 0 Å². The quantitative estimate of drug-likeness (QED) is 0.0498. The van der Waals surface area contributed by atoms with Crippen LogP contribution >= 0.6 is 0 Å². The molecule has 67 heavy (non-hydrogen) atoms. The molecule has 26 atom stereocenters. The molecule has 3 heterocycles. The molecule has 5 aliphatic carbocycles. The van der Waals surface area contributed by atoms with Crippen LogP contribution in [0.4, 0.5) is 0 Å². The Balaban J connectivity index is 1.06. The molecular formula is C45H72O22. The summed E-state index contributed by atoms with van der Waals surface area (Å²) in [5, 5.41) is 148. The van der Waals surface area contributed by atoms with Crippen LogP contribution < -0.4 is 0 Å². The molecule has 0 amide bonds. The zero-order chi connectivity index (χ0) is 48.7. The summed E-state index contributed by atoms with van der Waals surface area (Å²) >= 11 is 0. The topological polar surface area (TPSA) is 365 Å². The first-order chi connectivity index (χ1) is 31.6. The number of ether oxygens (including phenoxy) is 7. The van der Waals surface area contributed by atoms with E-state index in [0.717, 1.165) is 12.0 Å². The molecular weight excluding hydrogens is 892 g/mol. The Labute approximate surface area is 387 Å². The van der Waals surface area contributed by atoms with E-state index in [1.807, 2.05) is 6.92 Å².